The van der Waals surface area contributed by atoms with Gasteiger partial charge in [0.15, 0.2) is 5.13 Å². The van der Waals surface area contributed by atoms with E-state index in [4.69, 9.17) is 14.2 Å². The Labute approximate surface area is 253 Å². The smallest absolute Gasteiger partial charge is 0.350 e. The summed E-state index contributed by atoms with van der Waals surface area (Å²) in [5.74, 6) is -1.56. The van der Waals surface area contributed by atoms with Gasteiger partial charge < -0.3 is 19.3 Å². The summed E-state index contributed by atoms with van der Waals surface area (Å²) in [5.41, 5.74) is 2.08. The minimum Gasteiger partial charge on any atom is -0.507 e. The highest BCUT2D eigenvalue weighted by Gasteiger charge is 2.48. The van der Waals surface area contributed by atoms with Crippen molar-refractivity contribution < 1.29 is 33.7 Å². The minimum atomic E-state index is -1.05. The Morgan fingerprint density at radius 1 is 0.930 bits per heavy atom. The number of benzene rings is 3. The quantitative estimate of drug-likeness (QED) is 0.0989. The first-order chi connectivity index (χ1) is 20.8. The summed E-state index contributed by atoms with van der Waals surface area (Å²) in [6, 6.07) is 22.2. The van der Waals surface area contributed by atoms with Crippen LogP contribution in [0.1, 0.15) is 51.9 Å². The molecule has 5 rings (SSSR count). The molecule has 9 nitrogen and oxygen atoms in total. The van der Waals surface area contributed by atoms with Crippen LogP contribution in [-0.4, -0.2) is 41.0 Å². The molecule has 1 aliphatic heterocycles. The SMILES string of the molecule is CCOC(=O)c1sc(N2C(=O)C(=O)C(=C(O)c3ccc(OCC)cc3)C2c2cccc(OCc3ccccc3)c2)nc1C. The van der Waals surface area contributed by atoms with Crippen molar-refractivity contribution in [2.75, 3.05) is 18.1 Å². The van der Waals surface area contributed by atoms with E-state index in [1.807, 2.05) is 37.3 Å². The lowest BCUT2D eigenvalue weighted by molar-refractivity contribution is -0.132. The molecule has 0 radical (unpaired) electrons. The van der Waals surface area contributed by atoms with E-state index in [0.29, 0.717) is 41.5 Å². The van der Waals surface area contributed by atoms with E-state index >= 15 is 0 Å². The molecule has 1 amide bonds. The molecule has 4 aromatic rings. The molecular weight excluding hydrogens is 568 g/mol. The molecule has 43 heavy (non-hydrogen) atoms. The highest BCUT2D eigenvalue weighted by atomic mass is 32.1. The average Bonchev–Trinajstić information content (AvgIpc) is 3.53. The van der Waals surface area contributed by atoms with Gasteiger partial charge in [-0.05, 0) is 68.3 Å². The van der Waals surface area contributed by atoms with Crippen molar-refractivity contribution in [3.63, 3.8) is 0 Å². The maximum absolute atomic E-state index is 13.6. The number of carbonyl (C=O) groups excluding carboxylic acids is 3. The number of aryl methyl sites for hydroxylation is 1. The summed E-state index contributed by atoms with van der Waals surface area (Å²) in [4.78, 5) is 45.7. The number of thiazole rings is 1. The van der Waals surface area contributed by atoms with Crippen molar-refractivity contribution in [1.29, 1.82) is 0 Å². The normalized spacial score (nSPS) is 15.9. The summed E-state index contributed by atoms with van der Waals surface area (Å²) in [6.07, 6.45) is 0. The third-order valence-electron chi connectivity index (χ3n) is 6.76. The Hall–Kier alpha value is -4.96. The Balaban J connectivity index is 1.60. The number of nitrogens with zero attached hydrogens (tertiary/aromatic N) is 2. The molecule has 2 heterocycles. The molecule has 1 aromatic heterocycles. The monoisotopic (exact) mass is 598 g/mol. The number of aliphatic hydroxyl groups excluding tert-OH is 1. The van der Waals surface area contributed by atoms with E-state index in [1.165, 1.54) is 4.90 Å². The van der Waals surface area contributed by atoms with Gasteiger partial charge in [-0.2, -0.15) is 0 Å². The number of anilines is 1. The van der Waals surface area contributed by atoms with Crippen LogP contribution in [0.4, 0.5) is 5.13 Å². The predicted octanol–water partition coefficient (Wildman–Crippen LogP) is 6.23. The maximum Gasteiger partial charge on any atom is 0.350 e. The van der Waals surface area contributed by atoms with Crippen LogP contribution >= 0.6 is 11.3 Å². The summed E-state index contributed by atoms with van der Waals surface area (Å²) >= 11 is 0.953. The number of ketones is 1. The van der Waals surface area contributed by atoms with Crippen molar-refractivity contribution in [2.45, 2.75) is 33.4 Å². The molecule has 0 saturated carbocycles. The second kappa shape index (κ2) is 12.9. The zero-order chi connectivity index (χ0) is 30.5. The van der Waals surface area contributed by atoms with Crippen LogP contribution in [0, 0.1) is 6.92 Å². The number of rotatable bonds is 10. The largest absolute Gasteiger partial charge is 0.507 e. The first-order valence-corrected chi connectivity index (χ1v) is 14.6. The number of carbonyl (C=O) groups is 3. The van der Waals surface area contributed by atoms with Gasteiger partial charge in [0, 0.05) is 5.56 Å². The summed E-state index contributed by atoms with van der Waals surface area (Å²) < 4.78 is 16.7. The molecule has 1 saturated heterocycles. The molecule has 1 aliphatic rings. The number of ether oxygens (including phenoxy) is 3. The van der Waals surface area contributed by atoms with Gasteiger partial charge in [-0.25, -0.2) is 9.78 Å². The molecule has 10 heteroatoms. The fourth-order valence-electron chi connectivity index (χ4n) is 4.76. The van der Waals surface area contributed by atoms with Crippen molar-refractivity contribution in [3.8, 4) is 11.5 Å². The van der Waals surface area contributed by atoms with Crippen LogP contribution in [0.5, 0.6) is 11.5 Å². The second-order valence-corrected chi connectivity index (χ2v) is 10.6. The molecular formula is C33H30N2O7S. The molecule has 1 atom stereocenters. The predicted molar refractivity (Wildman–Crippen MR) is 162 cm³/mol. The molecule has 1 N–H and O–H groups in total. The highest BCUT2D eigenvalue weighted by Crippen LogP contribution is 2.44. The molecule has 0 spiro atoms. The van der Waals surface area contributed by atoms with Crippen molar-refractivity contribution in [2.24, 2.45) is 0 Å². The molecule has 220 valence electrons. The third kappa shape index (κ3) is 6.14. The van der Waals surface area contributed by atoms with Crippen LogP contribution in [0.15, 0.2) is 84.4 Å². The minimum absolute atomic E-state index is 0.111. The fraction of sp³-hybridized carbons (Fsp3) is 0.212. The van der Waals surface area contributed by atoms with Gasteiger partial charge in [0.05, 0.1) is 30.5 Å². The fourth-order valence-corrected chi connectivity index (χ4v) is 5.75. The highest BCUT2D eigenvalue weighted by molar-refractivity contribution is 7.17. The lowest BCUT2D eigenvalue weighted by atomic mass is 9.95. The van der Waals surface area contributed by atoms with E-state index in [0.717, 1.165) is 16.9 Å². The third-order valence-corrected chi connectivity index (χ3v) is 7.89. The van der Waals surface area contributed by atoms with Gasteiger partial charge in [0.25, 0.3) is 5.78 Å². The lowest BCUT2D eigenvalue weighted by Gasteiger charge is -2.23. The summed E-state index contributed by atoms with van der Waals surface area (Å²) in [7, 11) is 0. The van der Waals surface area contributed by atoms with Crippen molar-refractivity contribution >= 4 is 39.9 Å². The maximum atomic E-state index is 13.6. The van der Waals surface area contributed by atoms with Crippen LogP contribution in [0.25, 0.3) is 5.76 Å². The van der Waals surface area contributed by atoms with E-state index in [1.54, 1.807) is 62.4 Å². The van der Waals surface area contributed by atoms with Gasteiger partial charge in [-0.1, -0.05) is 53.8 Å². The van der Waals surface area contributed by atoms with Crippen LogP contribution < -0.4 is 14.4 Å². The number of esters is 1. The Kier molecular flexibility index (Phi) is 8.87. The van der Waals surface area contributed by atoms with Crippen LogP contribution in [-0.2, 0) is 20.9 Å². The molecule has 3 aromatic carbocycles. The lowest BCUT2D eigenvalue weighted by Crippen LogP contribution is -2.29. The van der Waals surface area contributed by atoms with E-state index in [2.05, 4.69) is 4.98 Å². The van der Waals surface area contributed by atoms with E-state index in [-0.39, 0.29) is 27.9 Å². The average molecular weight is 599 g/mol. The molecule has 1 fully saturated rings. The topological polar surface area (TPSA) is 115 Å². The van der Waals surface area contributed by atoms with Gasteiger partial charge in [-0.3, -0.25) is 14.5 Å². The van der Waals surface area contributed by atoms with E-state index in [9.17, 15) is 19.5 Å². The van der Waals surface area contributed by atoms with Gasteiger partial charge in [-0.15, -0.1) is 0 Å². The van der Waals surface area contributed by atoms with E-state index < -0.39 is 23.7 Å². The van der Waals surface area contributed by atoms with Gasteiger partial charge in [0.2, 0.25) is 0 Å². The first-order valence-electron chi connectivity index (χ1n) is 13.8. The number of Topliss-reactive ketones (excluding diaryl/α,β-unsaturated/α-hetero) is 1. The molecule has 0 bridgehead atoms. The number of aliphatic hydroxyl groups is 1. The summed E-state index contributed by atoms with van der Waals surface area (Å²) in [5, 5.41) is 11.6. The number of hydrogen-bond donors (Lipinski definition) is 1. The number of hydrogen-bond acceptors (Lipinski definition) is 9. The number of aromatic nitrogens is 1. The second-order valence-electron chi connectivity index (χ2n) is 9.60. The zero-order valence-corrected chi connectivity index (χ0v) is 24.7. The standard InChI is InChI=1S/C33H30N2O7S/c1-4-40-24-16-14-22(15-17-24)28(36)26-27(23-12-9-13-25(18-23)42-19-21-10-7-6-8-11-21)35(31(38)29(26)37)33-34-20(3)30(43-33)32(39)41-5-2/h6-18,27,36H,4-5,19H2,1-3H3. The van der Waals surface area contributed by atoms with Crippen LogP contribution in [0.2, 0.25) is 0 Å². The Bertz CT molecular complexity index is 1680. The first kappa shape index (κ1) is 29.5. The van der Waals surface area contributed by atoms with Crippen molar-refractivity contribution in [1.82, 2.24) is 4.98 Å². The van der Waals surface area contributed by atoms with Gasteiger partial charge in [0.1, 0.15) is 28.7 Å². The van der Waals surface area contributed by atoms with Crippen molar-refractivity contribution in [3.05, 3.63) is 112 Å². The molecule has 1 unspecified atom stereocenters. The number of amides is 1. The Morgan fingerprint density at radius 3 is 2.37 bits per heavy atom. The zero-order valence-electron chi connectivity index (χ0n) is 23.9. The molecule has 0 aliphatic carbocycles. The summed E-state index contributed by atoms with van der Waals surface area (Å²) in [6.45, 7) is 6.15. The van der Waals surface area contributed by atoms with Gasteiger partial charge >= 0.3 is 11.9 Å². The van der Waals surface area contributed by atoms with Crippen LogP contribution in [0.3, 0.4) is 0 Å². The Morgan fingerprint density at radius 2 is 1.67 bits per heavy atom.